The van der Waals surface area contributed by atoms with Crippen molar-refractivity contribution in [1.82, 2.24) is 4.68 Å². The lowest BCUT2D eigenvalue weighted by molar-refractivity contribution is 0.0523. The Bertz CT molecular complexity index is 1330. The first-order chi connectivity index (χ1) is 16.8. The van der Waals surface area contributed by atoms with Crippen LogP contribution in [0.3, 0.4) is 0 Å². The summed E-state index contributed by atoms with van der Waals surface area (Å²) in [6.45, 7) is 6.73. The number of benzene rings is 2. The number of methoxy groups -OCH3 is 1. The average molecular weight is 475 g/mol. The topological polar surface area (TPSA) is 70.0 Å². The maximum atomic E-state index is 13.0. The molecule has 182 valence electrons. The Morgan fingerprint density at radius 1 is 1.11 bits per heavy atom. The number of esters is 1. The first-order valence-corrected chi connectivity index (χ1v) is 12.0. The first kappa shape index (κ1) is 23.0. The van der Waals surface area contributed by atoms with Crippen molar-refractivity contribution >= 4 is 5.97 Å². The van der Waals surface area contributed by atoms with Crippen LogP contribution in [0, 0.1) is 0 Å². The van der Waals surface area contributed by atoms with Gasteiger partial charge in [0.25, 0.3) is 0 Å². The summed E-state index contributed by atoms with van der Waals surface area (Å²) in [6.07, 6.45) is 3.53. The van der Waals surface area contributed by atoms with Gasteiger partial charge in [-0.1, -0.05) is 30.3 Å². The third-order valence-corrected chi connectivity index (χ3v) is 6.91. The van der Waals surface area contributed by atoms with Crippen LogP contribution in [0.25, 0.3) is 11.3 Å². The molecule has 2 aliphatic rings. The van der Waals surface area contributed by atoms with Crippen LogP contribution in [-0.2, 0) is 11.3 Å². The number of ether oxygens (including phenoxy) is 3. The molecule has 7 heteroatoms. The van der Waals surface area contributed by atoms with Crippen LogP contribution in [-0.4, -0.2) is 29.9 Å². The van der Waals surface area contributed by atoms with Gasteiger partial charge in [-0.2, -0.15) is 0 Å². The van der Waals surface area contributed by atoms with E-state index in [1.807, 2.05) is 47.1 Å². The number of fused-ring (bicyclic) bond motifs is 6. The molecule has 2 aliphatic heterocycles. The van der Waals surface area contributed by atoms with Crippen molar-refractivity contribution in [3.63, 3.8) is 0 Å². The van der Waals surface area contributed by atoms with Crippen molar-refractivity contribution in [2.45, 2.75) is 51.8 Å². The molecule has 0 aliphatic carbocycles. The fourth-order valence-corrected chi connectivity index (χ4v) is 5.22. The number of carbonyl (C=O) groups excluding carboxylic acids is 1. The maximum Gasteiger partial charge on any atom is 0.343 e. The number of hydrogen-bond donors (Lipinski definition) is 0. The van der Waals surface area contributed by atoms with Crippen LogP contribution >= 0.6 is 0 Å². The molecule has 0 amide bonds. The Kier molecular flexibility index (Phi) is 5.79. The Balaban J connectivity index is 1.64. The number of pyridine rings is 1. The third-order valence-electron chi connectivity index (χ3n) is 6.91. The van der Waals surface area contributed by atoms with Crippen molar-refractivity contribution in [2.75, 3.05) is 18.7 Å². The van der Waals surface area contributed by atoms with Gasteiger partial charge in [0.1, 0.15) is 12.2 Å². The zero-order valence-corrected chi connectivity index (χ0v) is 20.5. The van der Waals surface area contributed by atoms with Crippen molar-refractivity contribution in [3.8, 4) is 22.8 Å². The average Bonchev–Trinajstić information content (AvgIpc) is 3.18. The number of hydrogen-bond acceptors (Lipinski definition) is 6. The molecular weight excluding hydrogens is 444 g/mol. The van der Waals surface area contributed by atoms with Gasteiger partial charge in [-0.25, -0.2) is 4.79 Å². The number of carbonyl (C=O) groups is 1. The van der Waals surface area contributed by atoms with Crippen LogP contribution < -0.4 is 19.9 Å². The lowest BCUT2D eigenvalue weighted by Crippen LogP contribution is -2.50. The third kappa shape index (κ3) is 3.95. The quantitative estimate of drug-likeness (QED) is 0.476. The minimum atomic E-state index is -0.602. The molecule has 2 aromatic carbocycles. The van der Waals surface area contributed by atoms with Gasteiger partial charge in [-0.3, -0.25) is 14.5 Å². The molecule has 1 fully saturated rings. The summed E-state index contributed by atoms with van der Waals surface area (Å²) in [6, 6.07) is 15.6. The van der Waals surface area contributed by atoms with Crippen LogP contribution in [0.5, 0.6) is 11.5 Å². The van der Waals surface area contributed by atoms with E-state index in [0.29, 0.717) is 18.1 Å². The molecule has 3 heterocycles. The Hall–Kier alpha value is -3.74. The molecule has 0 radical (unpaired) electrons. The first-order valence-electron chi connectivity index (χ1n) is 12.0. The molecule has 0 N–H and O–H groups in total. The van der Waals surface area contributed by atoms with Gasteiger partial charge < -0.3 is 14.2 Å². The lowest BCUT2D eigenvalue weighted by atomic mass is 9.93. The van der Waals surface area contributed by atoms with Crippen molar-refractivity contribution in [1.29, 1.82) is 0 Å². The van der Waals surface area contributed by atoms with Crippen molar-refractivity contribution in [2.24, 2.45) is 0 Å². The highest BCUT2D eigenvalue weighted by Crippen LogP contribution is 2.50. The summed E-state index contributed by atoms with van der Waals surface area (Å²) >= 11 is 0. The summed E-state index contributed by atoms with van der Waals surface area (Å²) in [5.41, 5.74) is 3.28. The van der Waals surface area contributed by atoms with E-state index >= 15 is 0 Å². The van der Waals surface area contributed by atoms with Gasteiger partial charge in [0.2, 0.25) is 0 Å². The second kappa shape index (κ2) is 8.80. The van der Waals surface area contributed by atoms with E-state index in [9.17, 15) is 9.59 Å². The van der Waals surface area contributed by atoms with Crippen LogP contribution in [0.2, 0.25) is 0 Å². The smallest absolute Gasteiger partial charge is 0.343 e. The van der Waals surface area contributed by atoms with E-state index in [-0.39, 0.29) is 29.2 Å². The van der Waals surface area contributed by atoms with Crippen molar-refractivity contribution < 1.29 is 19.0 Å². The van der Waals surface area contributed by atoms with Crippen LogP contribution in [0.4, 0.5) is 0 Å². The molecule has 1 atom stereocenters. The van der Waals surface area contributed by atoms with E-state index in [1.54, 1.807) is 20.2 Å². The van der Waals surface area contributed by atoms with E-state index in [4.69, 9.17) is 14.2 Å². The highest BCUT2D eigenvalue weighted by atomic mass is 16.5. The summed E-state index contributed by atoms with van der Waals surface area (Å²) in [5, 5.41) is 2.26. The Morgan fingerprint density at radius 3 is 2.60 bits per heavy atom. The molecule has 35 heavy (non-hydrogen) atoms. The molecule has 0 unspecified atom stereocenters. The highest BCUT2D eigenvalue weighted by Gasteiger charge is 2.45. The zero-order valence-electron chi connectivity index (χ0n) is 20.5. The molecule has 1 saturated heterocycles. The SMILES string of the molecule is CCOC(=O)c1cn2c(cc1=O)-c1cc(OC)c(OCc3ccccc3)cc1[C@H]1CCC(C)(C)N12. The van der Waals surface area contributed by atoms with E-state index < -0.39 is 5.97 Å². The van der Waals surface area contributed by atoms with Gasteiger partial charge in [0.15, 0.2) is 16.9 Å². The molecule has 3 aromatic rings. The van der Waals surface area contributed by atoms with E-state index in [1.165, 1.54) is 6.07 Å². The second-order valence-electron chi connectivity index (χ2n) is 9.58. The predicted octanol–water partition coefficient (Wildman–Crippen LogP) is 4.84. The lowest BCUT2D eigenvalue weighted by Gasteiger charge is -2.44. The summed E-state index contributed by atoms with van der Waals surface area (Å²) < 4.78 is 19.0. The number of rotatable bonds is 6. The van der Waals surface area contributed by atoms with Crippen LogP contribution in [0.15, 0.2) is 59.5 Å². The fourth-order valence-electron chi connectivity index (χ4n) is 5.22. The van der Waals surface area contributed by atoms with E-state index in [2.05, 4.69) is 18.9 Å². The summed E-state index contributed by atoms with van der Waals surface area (Å²) in [4.78, 5) is 25.5. The normalized spacial score (nSPS) is 17.3. The van der Waals surface area contributed by atoms with Gasteiger partial charge in [-0.15, -0.1) is 0 Å². The number of nitrogens with zero attached hydrogens (tertiary/aromatic N) is 2. The molecule has 0 saturated carbocycles. The zero-order chi connectivity index (χ0) is 24.7. The number of aromatic nitrogens is 1. The summed E-state index contributed by atoms with van der Waals surface area (Å²) in [7, 11) is 1.61. The molecule has 1 aromatic heterocycles. The Morgan fingerprint density at radius 2 is 1.89 bits per heavy atom. The minimum Gasteiger partial charge on any atom is -0.493 e. The predicted molar refractivity (Wildman–Crippen MR) is 134 cm³/mol. The van der Waals surface area contributed by atoms with Gasteiger partial charge in [-0.05, 0) is 56.9 Å². The van der Waals surface area contributed by atoms with Gasteiger partial charge in [0, 0.05) is 17.8 Å². The standard InChI is InChI=1S/C28H30N2O5/c1-5-34-27(32)21-16-29-23(15-24(21)31)20-13-25(33-4)26(35-17-18-9-7-6-8-10-18)14-19(20)22-11-12-28(2,3)30(22)29/h6-10,13-16,22H,5,11-12,17H2,1-4H3/t22-/m1/s1. The Labute approximate surface area is 204 Å². The minimum absolute atomic E-state index is 0.0373. The highest BCUT2D eigenvalue weighted by molar-refractivity contribution is 5.89. The molecular formula is C28H30N2O5. The summed E-state index contributed by atoms with van der Waals surface area (Å²) in [5.74, 6) is 0.659. The monoisotopic (exact) mass is 474 g/mol. The molecule has 0 bridgehead atoms. The van der Waals surface area contributed by atoms with Gasteiger partial charge >= 0.3 is 5.97 Å². The van der Waals surface area contributed by atoms with Crippen molar-refractivity contribution in [3.05, 3.63) is 81.6 Å². The molecule has 5 rings (SSSR count). The maximum absolute atomic E-state index is 13.0. The van der Waals surface area contributed by atoms with Crippen LogP contribution in [0.1, 0.15) is 61.1 Å². The molecule has 7 nitrogen and oxygen atoms in total. The van der Waals surface area contributed by atoms with E-state index in [0.717, 1.165) is 35.2 Å². The largest absolute Gasteiger partial charge is 0.493 e. The van der Waals surface area contributed by atoms with Gasteiger partial charge in [0.05, 0.1) is 31.0 Å². The second-order valence-corrected chi connectivity index (χ2v) is 9.58. The fraction of sp³-hybridized carbons (Fsp3) is 0.357. The molecule has 0 spiro atoms.